The summed E-state index contributed by atoms with van der Waals surface area (Å²) in [5.74, 6) is 0. The maximum atomic E-state index is 9.85. The van der Waals surface area contributed by atoms with Crippen LogP contribution in [0.1, 0.15) is 25.7 Å². The highest BCUT2D eigenvalue weighted by atomic mass is 16.1. The zero-order valence-corrected chi connectivity index (χ0v) is 7.69. The lowest BCUT2D eigenvalue weighted by atomic mass is 9.92. The molecule has 0 amide bonds. The molecule has 1 fully saturated rings. The predicted molar refractivity (Wildman–Crippen MR) is 50.9 cm³/mol. The standard InChI is InChI=1S/C10H10N2O2/c13-7-11-5-9-1-2-10(4-3-9)6-12-8-14/h5-6H,1-4H2. The number of hydrogen-bond donors (Lipinski definition) is 0. The van der Waals surface area contributed by atoms with Crippen molar-refractivity contribution in [3.63, 3.8) is 0 Å². The Labute approximate surface area is 81.8 Å². The van der Waals surface area contributed by atoms with Gasteiger partial charge >= 0.3 is 0 Å². The van der Waals surface area contributed by atoms with Crippen LogP contribution < -0.4 is 0 Å². The third kappa shape index (κ3) is 3.31. The topological polar surface area (TPSA) is 58.9 Å². The first-order chi connectivity index (χ1) is 6.86. The molecule has 4 heteroatoms. The van der Waals surface area contributed by atoms with Gasteiger partial charge in [-0.1, -0.05) is 11.1 Å². The summed E-state index contributed by atoms with van der Waals surface area (Å²) in [6.07, 6.45) is 9.54. The van der Waals surface area contributed by atoms with Crippen molar-refractivity contribution in [2.24, 2.45) is 9.98 Å². The maximum Gasteiger partial charge on any atom is 0.239 e. The molecule has 4 nitrogen and oxygen atoms in total. The molecule has 14 heavy (non-hydrogen) atoms. The highest BCUT2D eigenvalue weighted by Crippen LogP contribution is 2.27. The van der Waals surface area contributed by atoms with Gasteiger partial charge in [0, 0.05) is 12.4 Å². The van der Waals surface area contributed by atoms with Gasteiger partial charge in [-0.3, -0.25) is 0 Å². The third-order valence-electron chi connectivity index (χ3n) is 2.13. The Hall–Kier alpha value is -1.76. The molecule has 0 saturated heterocycles. The predicted octanol–water partition coefficient (Wildman–Crippen LogP) is 2.00. The van der Waals surface area contributed by atoms with Gasteiger partial charge in [-0.05, 0) is 25.7 Å². The first-order valence-electron chi connectivity index (χ1n) is 4.36. The number of allylic oxidation sites excluding steroid dienone is 2. The SMILES string of the molecule is O=C=NC=C1CCC(=CN=C=O)CC1. The average Bonchev–Trinajstić information content (AvgIpc) is 2.25. The summed E-state index contributed by atoms with van der Waals surface area (Å²) in [5.41, 5.74) is 2.28. The summed E-state index contributed by atoms with van der Waals surface area (Å²) < 4.78 is 0. The largest absolute Gasteiger partial charge is 0.239 e. The summed E-state index contributed by atoms with van der Waals surface area (Å²) in [7, 11) is 0. The molecule has 1 saturated carbocycles. The molecule has 0 radical (unpaired) electrons. The molecule has 0 aromatic carbocycles. The summed E-state index contributed by atoms with van der Waals surface area (Å²) in [5, 5.41) is 0. The van der Waals surface area contributed by atoms with E-state index in [1.165, 1.54) is 12.2 Å². The average molecular weight is 190 g/mol. The van der Waals surface area contributed by atoms with Gasteiger partial charge in [0.2, 0.25) is 12.2 Å². The maximum absolute atomic E-state index is 9.85. The van der Waals surface area contributed by atoms with Gasteiger partial charge in [-0.25, -0.2) is 9.59 Å². The smallest absolute Gasteiger partial charge is 0.211 e. The normalized spacial score (nSPS) is 15.1. The van der Waals surface area contributed by atoms with Crippen LogP contribution in [-0.4, -0.2) is 12.2 Å². The van der Waals surface area contributed by atoms with Gasteiger partial charge in [0.05, 0.1) is 0 Å². The van der Waals surface area contributed by atoms with Crippen molar-refractivity contribution >= 4 is 12.2 Å². The second-order valence-electron chi connectivity index (χ2n) is 3.02. The molecule has 0 bridgehead atoms. The summed E-state index contributed by atoms with van der Waals surface area (Å²) in [6.45, 7) is 0. The highest BCUT2D eigenvalue weighted by Gasteiger charge is 2.09. The Balaban J connectivity index is 2.53. The number of aliphatic imine (C=N–C) groups is 2. The fraction of sp³-hybridized carbons (Fsp3) is 0.400. The van der Waals surface area contributed by atoms with Gasteiger partial charge < -0.3 is 0 Å². The molecule has 0 unspecified atom stereocenters. The van der Waals surface area contributed by atoms with Crippen LogP contribution in [0.25, 0.3) is 0 Å². The van der Waals surface area contributed by atoms with Crippen molar-refractivity contribution in [1.29, 1.82) is 0 Å². The van der Waals surface area contributed by atoms with E-state index in [0.717, 1.165) is 36.8 Å². The van der Waals surface area contributed by atoms with Crippen LogP contribution >= 0.6 is 0 Å². The minimum atomic E-state index is 0.866. The van der Waals surface area contributed by atoms with E-state index in [1.54, 1.807) is 12.4 Å². The Morgan fingerprint density at radius 3 is 1.50 bits per heavy atom. The Morgan fingerprint density at radius 2 is 1.21 bits per heavy atom. The van der Waals surface area contributed by atoms with Crippen LogP contribution in [-0.2, 0) is 9.59 Å². The molecule has 1 rings (SSSR count). The van der Waals surface area contributed by atoms with Gasteiger partial charge in [0.1, 0.15) is 0 Å². The van der Waals surface area contributed by atoms with Gasteiger partial charge in [0.15, 0.2) is 0 Å². The zero-order valence-electron chi connectivity index (χ0n) is 7.69. The van der Waals surface area contributed by atoms with E-state index in [1.807, 2.05) is 0 Å². The first kappa shape index (κ1) is 10.3. The molecule has 0 aliphatic heterocycles. The van der Waals surface area contributed by atoms with Crippen LogP contribution in [0.15, 0.2) is 33.5 Å². The molecule has 0 aromatic rings. The first-order valence-corrected chi connectivity index (χ1v) is 4.36. The molecule has 0 atom stereocenters. The fourth-order valence-corrected chi connectivity index (χ4v) is 1.39. The van der Waals surface area contributed by atoms with E-state index in [0.29, 0.717) is 0 Å². The van der Waals surface area contributed by atoms with Crippen molar-refractivity contribution in [1.82, 2.24) is 0 Å². The van der Waals surface area contributed by atoms with E-state index in [9.17, 15) is 9.59 Å². The van der Waals surface area contributed by atoms with Crippen LogP contribution in [0, 0.1) is 0 Å². The lowest BCUT2D eigenvalue weighted by Gasteiger charge is -2.15. The number of carbonyl (C=O) groups excluding carboxylic acids is 2. The number of hydrogen-bond acceptors (Lipinski definition) is 4. The Morgan fingerprint density at radius 1 is 0.857 bits per heavy atom. The molecule has 0 heterocycles. The van der Waals surface area contributed by atoms with Gasteiger partial charge in [-0.2, -0.15) is 9.98 Å². The van der Waals surface area contributed by atoms with Crippen molar-refractivity contribution in [3.8, 4) is 0 Å². The highest BCUT2D eigenvalue weighted by molar-refractivity contribution is 5.36. The van der Waals surface area contributed by atoms with Crippen molar-refractivity contribution in [2.75, 3.05) is 0 Å². The Kier molecular flexibility index (Phi) is 4.29. The summed E-state index contributed by atoms with van der Waals surface area (Å²) in [4.78, 5) is 26.5. The van der Waals surface area contributed by atoms with Crippen molar-refractivity contribution in [2.45, 2.75) is 25.7 Å². The number of rotatable bonds is 2. The monoisotopic (exact) mass is 190 g/mol. The third-order valence-corrected chi connectivity index (χ3v) is 2.13. The molecule has 0 spiro atoms. The van der Waals surface area contributed by atoms with Crippen molar-refractivity contribution < 1.29 is 9.59 Å². The quantitative estimate of drug-likeness (QED) is 0.494. The number of isocyanates is 2. The van der Waals surface area contributed by atoms with Crippen molar-refractivity contribution in [3.05, 3.63) is 23.5 Å². The second kappa shape index (κ2) is 5.81. The molecule has 0 aromatic heterocycles. The van der Waals surface area contributed by atoms with Gasteiger partial charge in [-0.15, -0.1) is 0 Å². The van der Waals surface area contributed by atoms with Crippen LogP contribution in [0.2, 0.25) is 0 Å². The van der Waals surface area contributed by atoms with Gasteiger partial charge in [0.25, 0.3) is 0 Å². The second-order valence-corrected chi connectivity index (χ2v) is 3.02. The zero-order chi connectivity index (χ0) is 10.2. The minimum Gasteiger partial charge on any atom is -0.211 e. The number of nitrogens with zero attached hydrogens (tertiary/aromatic N) is 2. The van der Waals surface area contributed by atoms with E-state index < -0.39 is 0 Å². The molecule has 72 valence electrons. The fourth-order valence-electron chi connectivity index (χ4n) is 1.39. The van der Waals surface area contributed by atoms with Crippen LogP contribution in [0.4, 0.5) is 0 Å². The molecule has 0 N–H and O–H groups in total. The Bertz CT molecular complexity index is 308. The summed E-state index contributed by atoms with van der Waals surface area (Å²) >= 11 is 0. The lowest BCUT2D eigenvalue weighted by Crippen LogP contribution is -1.96. The lowest BCUT2D eigenvalue weighted by molar-refractivity contribution is 0.564. The molecule has 1 aliphatic rings. The molecular weight excluding hydrogens is 180 g/mol. The molecule has 1 aliphatic carbocycles. The van der Waals surface area contributed by atoms with E-state index in [-0.39, 0.29) is 0 Å². The minimum absolute atomic E-state index is 0.866. The molecular formula is C10H10N2O2. The van der Waals surface area contributed by atoms with E-state index in [4.69, 9.17) is 0 Å². The van der Waals surface area contributed by atoms with Crippen LogP contribution in [0.3, 0.4) is 0 Å². The van der Waals surface area contributed by atoms with E-state index in [2.05, 4.69) is 9.98 Å². The van der Waals surface area contributed by atoms with E-state index >= 15 is 0 Å². The summed E-state index contributed by atoms with van der Waals surface area (Å²) in [6, 6.07) is 0. The van der Waals surface area contributed by atoms with Crippen LogP contribution in [0.5, 0.6) is 0 Å².